The number of benzene rings is 4. The van der Waals surface area contributed by atoms with Crippen molar-refractivity contribution in [3.05, 3.63) is 155 Å². The van der Waals surface area contributed by atoms with E-state index in [1.807, 2.05) is 0 Å². The van der Waals surface area contributed by atoms with Gasteiger partial charge < -0.3 is 48.7 Å². The number of nitrogens with one attached hydrogen (secondary N) is 1. The molecule has 8 rings (SSSR count). The molecule has 1 amide bonds. The monoisotopic (exact) mass is 1020 g/mol. The number of hydrogen-bond donors (Lipinski definition) is 3. The fourth-order valence-electron chi connectivity index (χ4n) is 11.2. The summed E-state index contributed by atoms with van der Waals surface area (Å²) < 4.78 is 42.7. The largest absolute Gasteiger partial charge is 0.509 e. The minimum Gasteiger partial charge on any atom is -0.460 e. The van der Waals surface area contributed by atoms with Gasteiger partial charge in [0.2, 0.25) is 0 Å². The summed E-state index contributed by atoms with van der Waals surface area (Å²) in [4.78, 5) is 99.9. The van der Waals surface area contributed by atoms with Crippen LogP contribution in [0, 0.1) is 16.7 Å². The number of ether oxygens (including phenoxy) is 7. The molecule has 3 fully saturated rings. The van der Waals surface area contributed by atoms with E-state index in [4.69, 9.17) is 44.8 Å². The Balaban J connectivity index is 1.31. The first-order chi connectivity index (χ1) is 34.8. The van der Waals surface area contributed by atoms with Gasteiger partial charge in [-0.25, -0.2) is 14.4 Å². The van der Waals surface area contributed by atoms with Gasteiger partial charge in [0.1, 0.15) is 42.5 Å². The molecule has 17 nitrogen and oxygen atoms in total. The molecule has 4 aromatic carbocycles. The molecular formula is C55H56ClNO16. The lowest BCUT2D eigenvalue weighted by Gasteiger charge is -2.67. The number of rotatable bonds is 14. The van der Waals surface area contributed by atoms with E-state index in [0.717, 1.165) is 6.92 Å². The van der Waals surface area contributed by atoms with Crippen molar-refractivity contribution in [2.45, 2.75) is 108 Å². The van der Waals surface area contributed by atoms with E-state index in [9.17, 15) is 39.0 Å². The van der Waals surface area contributed by atoms with Crippen LogP contribution in [-0.2, 0) is 58.9 Å². The highest BCUT2D eigenvalue weighted by molar-refractivity contribution is 6.26. The van der Waals surface area contributed by atoms with Crippen molar-refractivity contribution in [2.75, 3.05) is 12.5 Å². The molecule has 18 heteroatoms. The Kier molecular flexibility index (Phi) is 15.0. The van der Waals surface area contributed by atoms with Crippen molar-refractivity contribution in [1.29, 1.82) is 0 Å². The van der Waals surface area contributed by atoms with Crippen LogP contribution >= 0.6 is 11.6 Å². The Morgan fingerprint density at radius 3 is 1.97 bits per heavy atom. The maximum Gasteiger partial charge on any atom is 0.509 e. The number of amides is 1. The molecule has 0 radical (unpaired) electrons. The summed E-state index contributed by atoms with van der Waals surface area (Å²) in [6.45, 7) is 6.35. The summed E-state index contributed by atoms with van der Waals surface area (Å²) in [5.74, 6) is -8.03. The van der Waals surface area contributed by atoms with E-state index in [0.29, 0.717) is 11.1 Å². The van der Waals surface area contributed by atoms with E-state index in [2.05, 4.69) is 5.32 Å². The minimum atomic E-state index is -2.53. The summed E-state index contributed by atoms with van der Waals surface area (Å²) in [6.07, 6.45) is -12.6. The minimum absolute atomic E-state index is 0.0172. The highest BCUT2D eigenvalue weighted by atomic mass is 35.5. The van der Waals surface area contributed by atoms with Gasteiger partial charge in [0.05, 0.1) is 29.5 Å². The lowest BCUT2D eigenvalue weighted by atomic mass is 9.44. The third kappa shape index (κ3) is 9.74. The number of aliphatic hydroxyl groups excluding tert-OH is 1. The van der Waals surface area contributed by atoms with Gasteiger partial charge in [-0.3, -0.25) is 19.2 Å². The van der Waals surface area contributed by atoms with Crippen molar-refractivity contribution in [3.63, 3.8) is 0 Å². The zero-order valence-electron chi connectivity index (χ0n) is 40.7. The maximum atomic E-state index is 16.3. The fraction of sp³-hybridized carbons (Fsp3) is 0.400. The Morgan fingerprint density at radius 2 is 1.40 bits per heavy atom. The Labute approximate surface area is 426 Å². The molecule has 1 saturated heterocycles. The first-order valence-corrected chi connectivity index (χ1v) is 24.3. The lowest BCUT2D eigenvalue weighted by Crippen LogP contribution is -2.82. The van der Waals surface area contributed by atoms with E-state index in [1.165, 1.54) is 39.8 Å². The lowest BCUT2D eigenvalue weighted by molar-refractivity contribution is -0.346. The van der Waals surface area contributed by atoms with Crippen LogP contribution in [0.1, 0.15) is 85.3 Å². The van der Waals surface area contributed by atoms with Crippen molar-refractivity contribution in [1.82, 2.24) is 5.32 Å². The number of fused-ring (bicyclic) bond motifs is 5. The van der Waals surface area contributed by atoms with E-state index in [-0.39, 0.29) is 35.3 Å². The summed E-state index contributed by atoms with van der Waals surface area (Å²) in [5, 5.41) is 28.8. The third-order valence-corrected chi connectivity index (χ3v) is 15.2. The number of carbonyl (C=O) groups excluding carboxylic acids is 7. The van der Waals surface area contributed by atoms with Crippen LogP contribution in [0.3, 0.4) is 0 Å². The highest BCUT2D eigenvalue weighted by Crippen LogP contribution is 2.65. The molecule has 0 unspecified atom stereocenters. The molecule has 3 aliphatic carbocycles. The van der Waals surface area contributed by atoms with Crippen LogP contribution < -0.4 is 5.32 Å². The van der Waals surface area contributed by atoms with Gasteiger partial charge >= 0.3 is 30.0 Å². The number of alkyl halides is 1. The number of ketones is 1. The van der Waals surface area contributed by atoms with Crippen LogP contribution in [0.25, 0.3) is 0 Å². The van der Waals surface area contributed by atoms with E-state index >= 15 is 4.79 Å². The normalized spacial score (nSPS) is 28.6. The topological polar surface area (TPSA) is 237 Å². The van der Waals surface area contributed by atoms with Crippen molar-refractivity contribution < 1.29 is 76.9 Å². The second kappa shape index (κ2) is 20.9. The van der Waals surface area contributed by atoms with Crippen LogP contribution in [0.4, 0.5) is 4.79 Å². The van der Waals surface area contributed by atoms with Gasteiger partial charge in [-0.1, -0.05) is 111 Å². The van der Waals surface area contributed by atoms with Gasteiger partial charge in [-0.15, -0.1) is 11.6 Å². The number of Topliss-reactive ketones (excluding diaryl/α,β-unsaturated/α-hetero) is 1. The molecule has 0 spiro atoms. The van der Waals surface area contributed by atoms with Crippen LogP contribution in [0.15, 0.2) is 132 Å². The SMILES string of the molecule is CC(=O)O[C@@]12CO[C@@H]1C[C@H](OC(=O)CCl)[C@@]1(C)C(=O)[C@H](OC(=O)OCc3ccccc3)C3=C(C)[C@@H](OC(=O)[C@H](O)[C@@H](NC(=O)c4ccccc4)c4ccccc4)C[C@@](O)([C@@H](OC(=O)c4ccccc4)[C@H]21)C3(C)C. The second-order valence-electron chi connectivity index (χ2n) is 19.5. The standard InChI is InChI=1S/C55H56ClNO16/c1-31-37(69-50(64)43(60)42(34-20-12-7-13-21-34)57-48(62)35-22-14-8-15-23-35)27-55(66)47(72-49(63)36-24-16-9-17-25-36)45-53(5,38(70-40(59)28-56)26-39-54(45,30-68-39)73-32(2)58)46(61)44(41(31)52(55,3)4)71-51(65)67-29-33-18-10-6-11-19-33/h6-25,37-39,42-45,47,60,66H,26-30H2,1-5H3,(H,57,62)/t37-,38-,39+,42-,43+,44+,45-,47-,53+,54-,55+/m0/s1. The van der Waals surface area contributed by atoms with Gasteiger partial charge in [0.15, 0.2) is 23.6 Å². The fourth-order valence-corrected chi connectivity index (χ4v) is 11.3. The predicted molar refractivity (Wildman–Crippen MR) is 258 cm³/mol. The second-order valence-corrected chi connectivity index (χ2v) is 19.8. The Hall–Kier alpha value is -6.92. The first kappa shape index (κ1) is 52.4. The zero-order valence-corrected chi connectivity index (χ0v) is 41.4. The molecule has 1 heterocycles. The number of hydrogen-bond acceptors (Lipinski definition) is 16. The quantitative estimate of drug-likeness (QED) is 0.0543. The average molecular weight is 1020 g/mol. The van der Waals surface area contributed by atoms with E-state index < -0.39 is 131 Å². The maximum absolute atomic E-state index is 16.3. The number of esters is 4. The van der Waals surface area contributed by atoms with Crippen LogP contribution in [-0.4, -0.2) is 112 Å². The smallest absolute Gasteiger partial charge is 0.460 e. The third-order valence-electron chi connectivity index (χ3n) is 15.0. The Morgan fingerprint density at radius 1 is 0.808 bits per heavy atom. The van der Waals surface area contributed by atoms with Crippen LogP contribution in [0.5, 0.6) is 0 Å². The molecule has 2 saturated carbocycles. The summed E-state index contributed by atoms with van der Waals surface area (Å²) in [7, 11) is 0. The summed E-state index contributed by atoms with van der Waals surface area (Å²) in [5.41, 5.74) is -7.36. The average Bonchev–Trinajstić information content (AvgIpc) is 3.38. The highest BCUT2D eigenvalue weighted by Gasteiger charge is 2.79. The number of carbonyl (C=O) groups is 7. The molecular weight excluding hydrogens is 966 g/mol. The molecule has 4 aliphatic rings. The molecule has 11 atom stereocenters. The Bertz CT molecular complexity index is 2770. The van der Waals surface area contributed by atoms with Crippen molar-refractivity contribution in [3.8, 4) is 0 Å². The molecule has 4 aromatic rings. The molecule has 0 aromatic heterocycles. The number of halogens is 1. The van der Waals surface area contributed by atoms with E-state index in [1.54, 1.807) is 109 Å². The van der Waals surface area contributed by atoms with Crippen molar-refractivity contribution in [2.24, 2.45) is 16.7 Å². The van der Waals surface area contributed by atoms with Gasteiger partial charge in [-0.2, -0.15) is 0 Å². The summed E-state index contributed by atoms with van der Waals surface area (Å²) in [6, 6.07) is 31.2. The van der Waals surface area contributed by atoms with Crippen LogP contribution in [0.2, 0.25) is 0 Å². The van der Waals surface area contributed by atoms with Gasteiger partial charge in [-0.05, 0) is 60.4 Å². The number of aliphatic hydroxyl groups is 2. The van der Waals surface area contributed by atoms with Crippen molar-refractivity contribution >= 4 is 53.3 Å². The first-order valence-electron chi connectivity index (χ1n) is 23.7. The summed E-state index contributed by atoms with van der Waals surface area (Å²) >= 11 is 6.01. The molecule has 384 valence electrons. The molecule has 3 N–H and O–H groups in total. The molecule has 1 aliphatic heterocycles. The molecule has 2 bridgehead atoms. The molecule has 73 heavy (non-hydrogen) atoms. The predicted octanol–water partition coefficient (Wildman–Crippen LogP) is 6.32. The van der Waals surface area contributed by atoms with Gasteiger partial charge in [0.25, 0.3) is 5.91 Å². The zero-order chi connectivity index (χ0) is 52.5. The van der Waals surface area contributed by atoms with Gasteiger partial charge in [0, 0.05) is 30.7 Å².